The molecule has 34 heavy (non-hydrogen) atoms. The zero-order valence-corrected chi connectivity index (χ0v) is 21.7. The van der Waals surface area contributed by atoms with Gasteiger partial charge in [-0.3, -0.25) is 4.79 Å². The molecule has 0 bridgehead atoms. The number of thiazole rings is 1. The maximum Gasteiger partial charge on any atom is 0.233 e. The van der Waals surface area contributed by atoms with Crippen molar-refractivity contribution in [3.8, 4) is 0 Å². The molecule has 1 unspecified atom stereocenters. The van der Waals surface area contributed by atoms with Crippen LogP contribution in [-0.4, -0.2) is 74.4 Å². The number of aromatic nitrogens is 1. The second-order valence-corrected chi connectivity index (χ2v) is 12.3. The van der Waals surface area contributed by atoms with Crippen molar-refractivity contribution in [1.29, 1.82) is 0 Å². The van der Waals surface area contributed by atoms with Gasteiger partial charge in [0.05, 0.1) is 4.90 Å². The fourth-order valence-electron chi connectivity index (χ4n) is 5.07. The van der Waals surface area contributed by atoms with Crippen LogP contribution >= 0.6 is 11.3 Å². The van der Waals surface area contributed by atoms with E-state index in [1.165, 1.54) is 11.8 Å². The van der Waals surface area contributed by atoms with Gasteiger partial charge in [0.15, 0.2) is 0 Å². The van der Waals surface area contributed by atoms with Crippen molar-refractivity contribution < 1.29 is 13.2 Å². The lowest BCUT2D eigenvalue weighted by Crippen LogP contribution is -2.41. The Morgan fingerprint density at radius 1 is 1.18 bits per heavy atom. The van der Waals surface area contributed by atoms with E-state index in [0.29, 0.717) is 17.4 Å². The zero-order valence-electron chi connectivity index (χ0n) is 20.0. The van der Waals surface area contributed by atoms with Crippen molar-refractivity contribution in [3.63, 3.8) is 0 Å². The van der Waals surface area contributed by atoms with Crippen LogP contribution in [0.4, 0.5) is 0 Å². The molecule has 1 N–H and O–H groups in total. The van der Waals surface area contributed by atoms with Crippen LogP contribution in [0, 0.1) is 0 Å². The van der Waals surface area contributed by atoms with Crippen LogP contribution in [-0.2, 0) is 27.5 Å². The molecule has 1 amide bonds. The van der Waals surface area contributed by atoms with E-state index in [2.05, 4.69) is 22.1 Å². The van der Waals surface area contributed by atoms with E-state index >= 15 is 0 Å². The number of hydrogen-bond donors (Lipinski definition) is 1. The lowest BCUT2D eigenvalue weighted by molar-refractivity contribution is -0.130. The molecule has 1 aromatic heterocycles. The third-order valence-electron chi connectivity index (χ3n) is 6.91. The first-order valence-corrected chi connectivity index (χ1v) is 14.8. The summed E-state index contributed by atoms with van der Waals surface area (Å²) in [5.41, 5.74) is 2.41. The van der Waals surface area contributed by atoms with Crippen LogP contribution in [0.1, 0.15) is 50.2 Å². The summed E-state index contributed by atoms with van der Waals surface area (Å²) in [5, 5.41) is 4.99. The second-order valence-electron chi connectivity index (χ2n) is 9.25. The topological polar surface area (TPSA) is 82.6 Å². The minimum Gasteiger partial charge on any atom is -0.341 e. The number of amides is 1. The molecule has 7 nitrogen and oxygen atoms in total. The van der Waals surface area contributed by atoms with Gasteiger partial charge in [0.25, 0.3) is 0 Å². The summed E-state index contributed by atoms with van der Waals surface area (Å²) < 4.78 is 25.9. The fraction of sp³-hybridized carbons (Fsp3) is 0.600. The number of sulfone groups is 1. The average molecular weight is 505 g/mol. The standard InChI is InChI=1S/C25H36N4O3S2/c1-2-13-28(14-3-4-15-29-16-11-26-10-9-24(29)30)22-7-5-21-19-23(8-6-20(21)18-22)34(31,32)25-27-12-17-33-25/h6,8,12,17,19,22,26H,2-5,7,9-11,13-16,18H2,1H3. The van der Waals surface area contributed by atoms with Crippen molar-refractivity contribution in [2.24, 2.45) is 0 Å². The molecule has 1 aromatic carbocycles. The van der Waals surface area contributed by atoms with Crippen LogP contribution in [0.2, 0.25) is 0 Å². The third-order valence-corrected chi connectivity index (χ3v) is 9.86. The van der Waals surface area contributed by atoms with E-state index in [1.807, 2.05) is 17.0 Å². The van der Waals surface area contributed by atoms with Crippen molar-refractivity contribution in [1.82, 2.24) is 20.1 Å². The zero-order chi connectivity index (χ0) is 24.0. The molecule has 9 heteroatoms. The maximum absolute atomic E-state index is 12.9. The summed E-state index contributed by atoms with van der Waals surface area (Å²) in [7, 11) is -3.53. The number of carbonyl (C=O) groups is 1. The number of rotatable bonds is 10. The Morgan fingerprint density at radius 2 is 2.06 bits per heavy atom. The molecule has 1 saturated heterocycles. The quantitative estimate of drug-likeness (QED) is 0.501. The maximum atomic E-state index is 12.9. The lowest BCUT2D eigenvalue weighted by Gasteiger charge is -2.35. The van der Waals surface area contributed by atoms with Gasteiger partial charge in [0.2, 0.25) is 20.1 Å². The monoisotopic (exact) mass is 504 g/mol. The van der Waals surface area contributed by atoms with E-state index in [1.54, 1.807) is 11.4 Å². The highest BCUT2D eigenvalue weighted by Gasteiger charge is 2.27. The largest absolute Gasteiger partial charge is 0.341 e. The van der Waals surface area contributed by atoms with Gasteiger partial charge in [-0.05, 0) is 74.9 Å². The smallest absolute Gasteiger partial charge is 0.233 e. The average Bonchev–Trinajstić information content (AvgIpc) is 3.32. The summed E-state index contributed by atoms with van der Waals surface area (Å²) in [5.74, 6) is 0.274. The molecule has 1 aliphatic heterocycles. The third kappa shape index (κ3) is 6.05. The summed E-state index contributed by atoms with van der Waals surface area (Å²) in [6.45, 7) is 7.70. The molecule has 0 saturated carbocycles. The SMILES string of the molecule is CCCN(CCCCN1CCNCCC1=O)C1CCc2cc(S(=O)(=O)c3nccs3)ccc2C1. The Labute approximate surface area is 207 Å². The number of hydrogen-bond acceptors (Lipinski definition) is 7. The second kappa shape index (κ2) is 11.7. The summed E-state index contributed by atoms with van der Waals surface area (Å²) in [4.78, 5) is 21.2. The summed E-state index contributed by atoms with van der Waals surface area (Å²) in [6, 6.07) is 6.10. The fourth-order valence-corrected chi connectivity index (χ4v) is 7.34. The predicted molar refractivity (Wildman–Crippen MR) is 135 cm³/mol. The minimum absolute atomic E-state index is 0.161. The van der Waals surface area contributed by atoms with Gasteiger partial charge in [-0.1, -0.05) is 13.0 Å². The Hall–Kier alpha value is -1.81. The van der Waals surface area contributed by atoms with Crippen molar-refractivity contribution in [2.75, 3.05) is 39.3 Å². The van der Waals surface area contributed by atoms with Crippen molar-refractivity contribution >= 4 is 27.1 Å². The lowest BCUT2D eigenvalue weighted by atomic mass is 9.87. The molecule has 0 radical (unpaired) electrons. The van der Waals surface area contributed by atoms with Crippen LogP contribution in [0.5, 0.6) is 0 Å². The van der Waals surface area contributed by atoms with Gasteiger partial charge < -0.3 is 15.1 Å². The molecule has 2 heterocycles. The number of carbonyl (C=O) groups excluding carboxylic acids is 1. The number of benzene rings is 1. The molecule has 1 aliphatic carbocycles. The van der Waals surface area contributed by atoms with Gasteiger partial charge in [0.1, 0.15) is 0 Å². The Bertz CT molecular complexity index is 1060. The first-order valence-electron chi connectivity index (χ1n) is 12.5. The molecule has 2 aliphatic rings. The van der Waals surface area contributed by atoms with Crippen LogP contribution < -0.4 is 5.32 Å². The van der Waals surface area contributed by atoms with Gasteiger partial charge in [-0.15, -0.1) is 11.3 Å². The van der Waals surface area contributed by atoms with E-state index in [9.17, 15) is 13.2 Å². The number of fused-ring (bicyclic) bond motifs is 1. The molecule has 1 fully saturated rings. The van der Waals surface area contributed by atoms with E-state index in [0.717, 1.165) is 94.7 Å². The highest BCUT2D eigenvalue weighted by atomic mass is 32.2. The Kier molecular flexibility index (Phi) is 8.74. The number of nitrogens with zero attached hydrogens (tertiary/aromatic N) is 3. The molecule has 186 valence electrons. The first kappa shape index (κ1) is 25.3. The van der Waals surface area contributed by atoms with Gasteiger partial charge in [-0.25, -0.2) is 13.4 Å². The Balaban J connectivity index is 1.34. The molecular formula is C25H36N4O3S2. The van der Waals surface area contributed by atoms with Gasteiger partial charge in [0, 0.05) is 50.2 Å². The van der Waals surface area contributed by atoms with Gasteiger partial charge in [-0.2, -0.15) is 0 Å². The minimum atomic E-state index is -3.53. The van der Waals surface area contributed by atoms with Gasteiger partial charge >= 0.3 is 0 Å². The summed E-state index contributed by atoms with van der Waals surface area (Å²) in [6.07, 6.45) is 8.29. The van der Waals surface area contributed by atoms with Crippen LogP contribution in [0.25, 0.3) is 0 Å². The molecule has 2 aromatic rings. The number of unbranched alkanes of at least 4 members (excludes halogenated alkanes) is 1. The van der Waals surface area contributed by atoms with Crippen molar-refractivity contribution in [2.45, 2.75) is 67.1 Å². The first-order chi connectivity index (χ1) is 16.5. The molecule has 0 spiro atoms. The molecule has 4 rings (SSSR count). The molecular weight excluding hydrogens is 468 g/mol. The van der Waals surface area contributed by atoms with E-state index in [-0.39, 0.29) is 10.2 Å². The van der Waals surface area contributed by atoms with E-state index < -0.39 is 9.84 Å². The normalized spacial score (nSPS) is 19.3. The Morgan fingerprint density at radius 3 is 2.85 bits per heavy atom. The van der Waals surface area contributed by atoms with E-state index in [4.69, 9.17) is 0 Å². The van der Waals surface area contributed by atoms with Crippen molar-refractivity contribution in [3.05, 3.63) is 40.9 Å². The highest BCUT2D eigenvalue weighted by molar-refractivity contribution is 7.93. The van der Waals surface area contributed by atoms with Crippen LogP contribution in [0.15, 0.2) is 39.0 Å². The summed E-state index contributed by atoms with van der Waals surface area (Å²) >= 11 is 1.16. The molecule has 1 atom stereocenters. The number of aryl methyl sites for hydroxylation is 1. The number of nitrogens with one attached hydrogen (secondary N) is 1. The highest BCUT2D eigenvalue weighted by Crippen LogP contribution is 2.30. The predicted octanol–water partition coefficient (Wildman–Crippen LogP) is 3.15. The van der Waals surface area contributed by atoms with Crippen LogP contribution in [0.3, 0.4) is 0 Å².